The number of phenols is 1. The van der Waals surface area contributed by atoms with Gasteiger partial charge in [-0.2, -0.15) is 0 Å². The van der Waals surface area contributed by atoms with Crippen molar-refractivity contribution in [3.63, 3.8) is 0 Å². The molecule has 152 valence electrons. The molecule has 0 aliphatic carbocycles. The van der Waals surface area contributed by atoms with Gasteiger partial charge in [0.25, 0.3) is 5.91 Å². The number of terminal acetylenes is 1. The lowest BCUT2D eigenvalue weighted by Crippen LogP contribution is -2.38. The molecule has 0 spiro atoms. The zero-order valence-corrected chi connectivity index (χ0v) is 17.2. The zero-order chi connectivity index (χ0) is 21.0. The number of benzene rings is 1. The van der Waals surface area contributed by atoms with E-state index in [0.717, 1.165) is 29.0 Å². The maximum absolute atomic E-state index is 12.6. The second kappa shape index (κ2) is 8.97. The predicted octanol–water partition coefficient (Wildman–Crippen LogP) is 3.67. The summed E-state index contributed by atoms with van der Waals surface area (Å²) in [5.41, 5.74) is 2.57. The third kappa shape index (κ3) is 4.69. The molecule has 2 amide bonds. The highest BCUT2D eigenvalue weighted by atomic mass is 32.1. The number of aromatic nitrogens is 1. The molecule has 1 aromatic heterocycles. The van der Waals surface area contributed by atoms with Crippen LogP contribution in [0, 0.1) is 26.2 Å². The molecule has 1 aliphatic rings. The monoisotopic (exact) mass is 413 g/mol. The van der Waals surface area contributed by atoms with Gasteiger partial charge in [-0.1, -0.05) is 5.92 Å². The second-order valence-corrected chi connectivity index (χ2v) is 7.82. The van der Waals surface area contributed by atoms with E-state index in [9.17, 15) is 14.7 Å². The van der Waals surface area contributed by atoms with E-state index in [1.54, 1.807) is 29.3 Å². The Hall–Kier alpha value is -3.05. The maximum Gasteiger partial charge on any atom is 0.410 e. The molecular weight excluding hydrogens is 390 g/mol. The van der Waals surface area contributed by atoms with Gasteiger partial charge < -0.3 is 20.1 Å². The number of nitrogens with one attached hydrogen (secondary N) is 1. The summed E-state index contributed by atoms with van der Waals surface area (Å²) >= 11 is 1.46. The number of amides is 2. The summed E-state index contributed by atoms with van der Waals surface area (Å²) in [4.78, 5) is 30.6. The normalized spacial score (nSPS) is 14.3. The molecule has 7 nitrogen and oxygen atoms in total. The van der Waals surface area contributed by atoms with E-state index in [2.05, 4.69) is 16.2 Å². The second-order valence-electron chi connectivity index (χ2n) is 6.93. The van der Waals surface area contributed by atoms with Gasteiger partial charge in [0.05, 0.1) is 5.01 Å². The molecule has 0 radical (unpaired) electrons. The Kier molecular flexibility index (Phi) is 6.39. The van der Waals surface area contributed by atoms with Gasteiger partial charge in [0.15, 0.2) is 6.61 Å². The first-order valence-corrected chi connectivity index (χ1v) is 10.2. The summed E-state index contributed by atoms with van der Waals surface area (Å²) in [6, 6.07) is 3.24. The Bertz CT molecular complexity index is 955. The van der Waals surface area contributed by atoms with Crippen LogP contribution in [-0.4, -0.2) is 46.7 Å². The molecule has 1 aliphatic heterocycles. The number of hydrogen-bond donors (Lipinski definition) is 2. The fourth-order valence-electron chi connectivity index (χ4n) is 3.21. The van der Waals surface area contributed by atoms with Crippen LogP contribution in [0.5, 0.6) is 5.75 Å². The summed E-state index contributed by atoms with van der Waals surface area (Å²) in [5, 5.41) is 15.3. The maximum atomic E-state index is 12.6. The van der Waals surface area contributed by atoms with E-state index >= 15 is 0 Å². The number of rotatable bonds is 4. The van der Waals surface area contributed by atoms with Crippen molar-refractivity contribution in [2.45, 2.75) is 32.6 Å². The number of ether oxygens (including phenoxy) is 1. The number of phenolic OH excluding ortho intramolecular Hbond substituents is 1. The summed E-state index contributed by atoms with van der Waals surface area (Å²) in [6.45, 7) is 4.77. The molecule has 2 heterocycles. The van der Waals surface area contributed by atoms with E-state index in [-0.39, 0.29) is 30.3 Å². The van der Waals surface area contributed by atoms with Crippen LogP contribution in [0.1, 0.15) is 45.4 Å². The first kappa shape index (κ1) is 20.7. The molecule has 2 aromatic rings. The third-order valence-electron chi connectivity index (χ3n) is 5.14. The van der Waals surface area contributed by atoms with Gasteiger partial charge in [0, 0.05) is 30.1 Å². The lowest BCUT2D eigenvalue weighted by molar-refractivity contribution is 0.102. The molecule has 0 saturated carbocycles. The highest BCUT2D eigenvalue weighted by Crippen LogP contribution is 2.31. The van der Waals surface area contributed by atoms with Crippen molar-refractivity contribution in [3.05, 3.63) is 39.3 Å². The summed E-state index contributed by atoms with van der Waals surface area (Å²) < 4.78 is 4.96. The topological polar surface area (TPSA) is 91.8 Å². The largest absolute Gasteiger partial charge is 0.508 e. The fourth-order valence-corrected chi connectivity index (χ4v) is 4.18. The van der Waals surface area contributed by atoms with Crippen molar-refractivity contribution in [1.82, 2.24) is 9.88 Å². The summed E-state index contributed by atoms with van der Waals surface area (Å²) in [6.07, 6.45) is 6.24. The van der Waals surface area contributed by atoms with E-state index < -0.39 is 0 Å². The average Bonchev–Trinajstić information content (AvgIpc) is 3.23. The molecule has 29 heavy (non-hydrogen) atoms. The van der Waals surface area contributed by atoms with Crippen LogP contribution in [0.15, 0.2) is 17.5 Å². The van der Waals surface area contributed by atoms with Crippen molar-refractivity contribution in [2.24, 2.45) is 0 Å². The first-order chi connectivity index (χ1) is 13.9. The van der Waals surface area contributed by atoms with Gasteiger partial charge in [-0.05, 0) is 49.9 Å². The number of thiazole rings is 1. The van der Waals surface area contributed by atoms with Crippen molar-refractivity contribution >= 4 is 29.0 Å². The average molecular weight is 413 g/mol. The quantitative estimate of drug-likeness (QED) is 0.589. The molecule has 0 atom stereocenters. The van der Waals surface area contributed by atoms with Gasteiger partial charge in [0.1, 0.15) is 11.4 Å². The van der Waals surface area contributed by atoms with E-state index in [0.29, 0.717) is 24.5 Å². The van der Waals surface area contributed by atoms with E-state index in [1.807, 2.05) is 6.92 Å². The minimum Gasteiger partial charge on any atom is -0.508 e. The lowest BCUT2D eigenvalue weighted by atomic mass is 9.98. The number of nitrogens with zero attached hydrogens (tertiary/aromatic N) is 2. The lowest BCUT2D eigenvalue weighted by Gasteiger charge is -2.30. The van der Waals surface area contributed by atoms with Crippen LogP contribution in [0.4, 0.5) is 10.5 Å². The van der Waals surface area contributed by atoms with Gasteiger partial charge >= 0.3 is 6.09 Å². The van der Waals surface area contributed by atoms with Crippen molar-refractivity contribution in [3.8, 4) is 18.1 Å². The number of hydrogen-bond acceptors (Lipinski definition) is 6. The Morgan fingerprint density at radius 2 is 2.07 bits per heavy atom. The number of piperidine rings is 1. The van der Waals surface area contributed by atoms with Crippen LogP contribution in [0.2, 0.25) is 0 Å². The molecule has 0 unspecified atom stereocenters. The van der Waals surface area contributed by atoms with Gasteiger partial charge in [-0.25, -0.2) is 9.78 Å². The van der Waals surface area contributed by atoms with Crippen LogP contribution in [0.25, 0.3) is 0 Å². The Balaban J connectivity index is 1.60. The molecule has 0 bridgehead atoms. The molecule has 1 fully saturated rings. The smallest absolute Gasteiger partial charge is 0.410 e. The van der Waals surface area contributed by atoms with Crippen LogP contribution >= 0.6 is 11.3 Å². The zero-order valence-electron chi connectivity index (χ0n) is 16.4. The molecule has 3 rings (SSSR count). The summed E-state index contributed by atoms with van der Waals surface area (Å²) in [5.74, 6) is 2.41. The van der Waals surface area contributed by atoms with E-state index in [1.165, 1.54) is 11.3 Å². The molecule has 1 aromatic carbocycles. The Morgan fingerprint density at radius 1 is 1.34 bits per heavy atom. The predicted molar refractivity (Wildman–Crippen MR) is 111 cm³/mol. The van der Waals surface area contributed by atoms with Crippen LogP contribution in [-0.2, 0) is 4.74 Å². The van der Waals surface area contributed by atoms with Crippen molar-refractivity contribution in [1.29, 1.82) is 0 Å². The standard InChI is InChI=1S/C21H23N3O4S/c1-4-11-28-21(27)24-9-7-15(8-10-24)20-23-17(12-29-20)19(26)22-16-5-6-18(25)14(3)13(16)2/h1,5-6,12,15,25H,7-11H2,2-3H3,(H,22,26). The van der Waals surface area contributed by atoms with Crippen LogP contribution in [0.3, 0.4) is 0 Å². The third-order valence-corrected chi connectivity index (χ3v) is 6.15. The van der Waals surface area contributed by atoms with Crippen molar-refractivity contribution in [2.75, 3.05) is 25.0 Å². The molecule has 2 N–H and O–H groups in total. The highest BCUT2D eigenvalue weighted by Gasteiger charge is 2.27. The number of carbonyl (C=O) groups is 2. The van der Waals surface area contributed by atoms with Gasteiger partial charge in [0.2, 0.25) is 0 Å². The van der Waals surface area contributed by atoms with Gasteiger partial charge in [-0.15, -0.1) is 17.8 Å². The molecular formula is C21H23N3O4S. The Labute approximate surface area is 173 Å². The first-order valence-electron chi connectivity index (χ1n) is 9.31. The number of aromatic hydroxyl groups is 1. The fraction of sp³-hybridized carbons (Fsp3) is 0.381. The van der Waals surface area contributed by atoms with Crippen LogP contribution < -0.4 is 5.32 Å². The Morgan fingerprint density at radius 3 is 2.76 bits per heavy atom. The molecule has 1 saturated heterocycles. The SMILES string of the molecule is C#CCOC(=O)N1CCC(c2nc(C(=O)Nc3ccc(O)c(C)c3C)cs2)CC1. The molecule has 8 heteroatoms. The highest BCUT2D eigenvalue weighted by molar-refractivity contribution is 7.10. The minimum absolute atomic E-state index is 0.0241. The number of carbonyl (C=O) groups excluding carboxylic acids is 2. The van der Waals surface area contributed by atoms with Gasteiger partial charge in [-0.3, -0.25) is 4.79 Å². The van der Waals surface area contributed by atoms with Crippen molar-refractivity contribution < 1.29 is 19.4 Å². The number of anilines is 1. The van der Waals surface area contributed by atoms with E-state index in [4.69, 9.17) is 11.2 Å². The minimum atomic E-state index is -0.389. The summed E-state index contributed by atoms with van der Waals surface area (Å²) in [7, 11) is 0. The number of likely N-dealkylation sites (tertiary alicyclic amines) is 1.